The van der Waals surface area contributed by atoms with Crippen LogP contribution in [0.5, 0.6) is 0 Å². The van der Waals surface area contributed by atoms with E-state index in [1.165, 1.54) is 51.5 Å². The van der Waals surface area contributed by atoms with Crippen molar-refractivity contribution in [1.82, 2.24) is 54.2 Å². The number of thiol groups is 1. The number of rotatable bonds is 20. The summed E-state index contributed by atoms with van der Waals surface area (Å²) in [5.74, 6) is -0.367. The number of aliphatic carboxylic acids is 1. The second-order valence-corrected chi connectivity index (χ2v) is 45.7. The number of benzene rings is 5. The van der Waals surface area contributed by atoms with Crippen molar-refractivity contribution in [3.8, 4) is 0 Å². The molecule has 1 saturated heterocycles. The standard InChI is InChI=1S/C23H33N3O2S.C18H27BN2O2S.C18H25N3S.C12H15ClN2S.C12H18F3NO5S.C6H6ClNS.C6H13NO2.B.Na.H/c1-15-8-10-19(26(14-15)22(27)28-23(3,4)5)17-9-11-20-18(13-17)24-21(29-20)12-16(2)25(6)7;1-12(21(6)7)10-16-20-14-11-13(8-9-15(14)24-16)19-22-17(2,3)18(4,5)23-19;1-12-5-7-15(19-11-12)14-6-8-17-16(10-14)20-18(22-17)9-13(2)21(3)4;1-8(15(2)3)6-12-14-10-7-9(13)4-5-11(10)16-12;1-8-5-6-9(21-22(18,19)12(13,14)15)16(7-8)10(17)20-11(2,3)4;7-4-1-2-6(9)5(8)3-4;1-5(7(2)3)4-6(8)9;;;/h9-11,13,15-16H,8,12,14H2,1-7H3;8-9,11-12H,10H2,1-7H3;6,8,10,12-13H,5,7,9,11H2,1-4H3;4-5,7-8H,6H2,1-3H3;6,8H,5,7H2,1-4H3;1-3,9H,8H2;5H,4H2,1-3H3,(H,8,9);;;/q;;;;;;;;+1;-1/t15-,16+;12-;12-,13+;2*8-;;5-;;;/m01010.1.../s1. The summed E-state index contributed by atoms with van der Waals surface area (Å²) in [6, 6.07) is 32.5. The largest absolute Gasteiger partial charge is 1.00 e. The third kappa shape index (κ3) is 36.6. The molecule has 133 heavy (non-hydrogen) atoms. The van der Waals surface area contributed by atoms with E-state index < -0.39 is 44.8 Å². The van der Waals surface area contributed by atoms with Crippen LogP contribution < -0.4 is 40.8 Å². The topological polar surface area (TPSA) is 264 Å². The van der Waals surface area contributed by atoms with E-state index in [4.69, 9.17) is 72.8 Å². The molecule has 0 saturated carbocycles. The number of carbonyl (C=O) groups excluding carboxylic acids is 2. The van der Waals surface area contributed by atoms with E-state index in [0.717, 1.165) is 116 Å². The van der Waals surface area contributed by atoms with Crippen molar-refractivity contribution < 1.29 is 95.0 Å². The molecule has 5 aromatic carbocycles. The number of amides is 2. The van der Waals surface area contributed by atoms with Gasteiger partial charge in [0.1, 0.15) is 11.2 Å². The smallest absolute Gasteiger partial charge is 1.00 e. The Hall–Kier alpha value is -6.06. The zero-order chi connectivity index (χ0) is 98.1. The van der Waals surface area contributed by atoms with Gasteiger partial charge >= 0.3 is 70.5 Å². The predicted octanol–water partition coefficient (Wildman–Crippen LogP) is 18.3. The zero-order valence-corrected chi connectivity index (χ0v) is 91.4. The van der Waals surface area contributed by atoms with Crippen LogP contribution in [0.15, 0.2) is 119 Å². The van der Waals surface area contributed by atoms with Crippen molar-refractivity contribution in [3.05, 3.63) is 150 Å². The summed E-state index contributed by atoms with van der Waals surface area (Å²) in [5.41, 5.74) is 8.15. The number of aliphatic imine (C=N–C) groups is 1. The molecule has 9 aromatic rings. The van der Waals surface area contributed by atoms with Gasteiger partial charge in [0, 0.05) is 116 Å². The molecule has 0 aliphatic carbocycles. The van der Waals surface area contributed by atoms with Gasteiger partial charge in [-0.3, -0.25) is 14.7 Å². The Labute approximate surface area is 844 Å². The Bertz CT molecular complexity index is 5520. The molecule has 4 aromatic heterocycles. The van der Waals surface area contributed by atoms with E-state index in [2.05, 4.69) is 228 Å². The van der Waals surface area contributed by atoms with Crippen LogP contribution in [-0.4, -0.2) is 255 Å². The van der Waals surface area contributed by atoms with E-state index in [1.807, 2.05) is 76.2 Å². The first-order chi connectivity index (χ1) is 60.7. The van der Waals surface area contributed by atoms with Crippen LogP contribution in [0, 0.1) is 17.8 Å². The van der Waals surface area contributed by atoms with Crippen molar-refractivity contribution in [1.29, 1.82) is 0 Å². The maximum absolute atomic E-state index is 12.8. The number of thiazole rings is 4. The molecular formula is C95H138B2Cl2F3N13NaO11S6. The fraction of sp³-hybridized carbons (Fsp3) is 0.558. The third-order valence-electron chi connectivity index (χ3n) is 22.7. The van der Waals surface area contributed by atoms with Crippen LogP contribution in [0.4, 0.5) is 28.4 Å². The molecule has 38 heteroatoms. The van der Waals surface area contributed by atoms with Crippen molar-refractivity contribution in [3.63, 3.8) is 0 Å². The molecule has 13 rings (SSSR count). The molecule has 24 nitrogen and oxygen atoms in total. The average molecular weight is 2000 g/mol. The minimum atomic E-state index is -5.84. The second kappa shape index (κ2) is 51.2. The number of carboxylic acid groups (broad SMARTS) is 1. The van der Waals surface area contributed by atoms with Gasteiger partial charge in [-0.1, -0.05) is 68.2 Å². The van der Waals surface area contributed by atoms with Gasteiger partial charge < -0.3 is 59.7 Å². The first kappa shape index (κ1) is 117. The molecule has 8 heterocycles. The zero-order valence-electron chi connectivity index (χ0n) is 83.9. The van der Waals surface area contributed by atoms with Crippen LogP contribution in [0.3, 0.4) is 0 Å². The summed E-state index contributed by atoms with van der Waals surface area (Å²) in [4.78, 5) is 72.9. The van der Waals surface area contributed by atoms with Crippen molar-refractivity contribution in [2.45, 2.75) is 245 Å². The van der Waals surface area contributed by atoms with Crippen molar-refractivity contribution in [2.24, 2.45) is 22.7 Å². The Morgan fingerprint density at radius 3 is 1.35 bits per heavy atom. The van der Waals surface area contributed by atoms with E-state index in [9.17, 15) is 36.0 Å². The summed E-state index contributed by atoms with van der Waals surface area (Å²) in [6.07, 6.45) is 9.73. The normalized spacial score (nSPS) is 17.8. The number of nitrogens with zero attached hydrogens (tertiary/aromatic N) is 12. The van der Waals surface area contributed by atoms with Gasteiger partial charge in [0.2, 0.25) is 5.88 Å². The molecule has 0 bridgehead atoms. The molecular weight excluding hydrogens is 1860 g/mol. The average Bonchev–Trinajstić information content (AvgIpc) is 1.49. The Balaban J connectivity index is 0.000000335. The number of nitrogens with two attached hydrogens (primary N) is 1. The van der Waals surface area contributed by atoms with Gasteiger partial charge in [0.25, 0.3) is 0 Å². The minimum Gasteiger partial charge on any atom is -1.00 e. The van der Waals surface area contributed by atoms with Gasteiger partial charge in [0.15, 0.2) is 0 Å². The molecule has 8 atom stereocenters. The Morgan fingerprint density at radius 2 is 0.955 bits per heavy atom. The van der Waals surface area contributed by atoms with Crippen molar-refractivity contribution >= 4 is 188 Å². The van der Waals surface area contributed by atoms with E-state index in [0.29, 0.717) is 47.3 Å². The van der Waals surface area contributed by atoms with Gasteiger partial charge in [-0.15, -0.1) is 58.0 Å². The molecule has 727 valence electrons. The maximum Gasteiger partial charge on any atom is 1.00 e. The number of likely N-dealkylation sites (N-methyl/N-ethyl adjacent to an activating group) is 4. The summed E-state index contributed by atoms with van der Waals surface area (Å²) in [6.45, 7) is 37.4. The Morgan fingerprint density at radius 1 is 0.579 bits per heavy atom. The summed E-state index contributed by atoms with van der Waals surface area (Å²) < 4.78 is 91.3. The molecule has 4 aliphatic rings. The van der Waals surface area contributed by atoms with E-state index in [1.54, 1.807) is 84.8 Å². The summed E-state index contributed by atoms with van der Waals surface area (Å²) in [7, 11) is 14.4. The quantitative estimate of drug-likeness (QED) is 0.0210. The first-order valence-corrected chi connectivity index (χ1v) is 49.9. The number of hydrogen-bond donors (Lipinski definition) is 3. The van der Waals surface area contributed by atoms with Crippen LogP contribution >= 0.6 is 81.2 Å². The molecule has 3 N–H and O–H groups in total. The monoisotopic (exact) mass is 2000 g/mol. The summed E-state index contributed by atoms with van der Waals surface area (Å²) in [5, 5.41) is 14.4. The van der Waals surface area contributed by atoms with Gasteiger partial charge in [-0.2, -0.15) is 21.6 Å². The van der Waals surface area contributed by atoms with Gasteiger partial charge in [-0.05, 0) is 308 Å². The minimum absolute atomic E-state index is 0. The van der Waals surface area contributed by atoms with Crippen LogP contribution in [0.25, 0.3) is 46.6 Å². The number of alkyl halides is 3. The number of ether oxygens (including phenoxy) is 2. The number of anilines is 1. The van der Waals surface area contributed by atoms with Gasteiger partial charge in [0.05, 0.1) is 84.2 Å². The maximum atomic E-state index is 12.8. The first-order valence-electron chi connectivity index (χ1n) is 44.0. The van der Waals surface area contributed by atoms with Crippen LogP contribution in [0.1, 0.15) is 189 Å². The number of carboxylic acids is 1. The van der Waals surface area contributed by atoms with Crippen LogP contribution in [0.2, 0.25) is 10.0 Å². The number of carbonyl (C=O) groups is 3. The number of nitrogen functional groups attached to an aromatic ring is 1. The Kier molecular flexibility index (Phi) is 45.2. The number of fused-ring (bicyclic) bond motifs is 4. The third-order valence-corrected chi connectivity index (χ3v) is 28.8. The number of hydrogen-bond acceptors (Lipinski definition) is 26. The van der Waals surface area contributed by atoms with E-state index >= 15 is 0 Å². The van der Waals surface area contributed by atoms with Gasteiger partial charge in [-0.25, -0.2) is 34.4 Å². The van der Waals surface area contributed by atoms with Crippen LogP contribution in [-0.2, 0) is 63.6 Å². The summed E-state index contributed by atoms with van der Waals surface area (Å²) >= 11 is 22.7. The molecule has 4 aliphatic heterocycles. The SMILES string of the molecule is C[C@H](CC(=O)O)N(C)C.C[C@H](Cc1nc2cc(B3OC(C)(C)C(C)(C)O3)ccc2s1)N(C)C.C[C@H](Cc1nc2cc(Cl)ccc2s1)N(C)C.C[C@H]1CC=C(OS(=O)(=O)C(F)(F)F)N(C(=O)OC(C)(C)C)C1.C[C@H]1CC=C(c2ccc3sc(C[C@@H](C)N(C)C)nc3c2)N(C(=O)OC(C)(C)C)C1.C[C@H]1CCC(c2ccc3sc(C[C@@H](C)N(C)C)nc3c2)=NC1.Nc1cc(Cl)ccc1S.[B].[H-].[Na+]. The molecule has 0 unspecified atom stereocenters. The molecule has 1 fully saturated rings. The van der Waals surface area contributed by atoms with E-state index in [-0.39, 0.29) is 95.2 Å². The number of allylic oxidation sites excluding steroid dienone is 2. The fourth-order valence-electron chi connectivity index (χ4n) is 12.7. The van der Waals surface area contributed by atoms with Crippen molar-refractivity contribution in [2.75, 3.05) is 95.8 Å². The second-order valence-electron chi connectivity index (χ2n) is 38.3. The fourth-order valence-corrected chi connectivity index (χ4v) is 18.0. The molecule has 0 spiro atoms. The molecule has 3 radical (unpaired) electrons. The predicted molar refractivity (Wildman–Crippen MR) is 547 cm³/mol. The number of aromatic nitrogens is 4. The molecule has 2 amide bonds. The number of halogens is 5.